The molecule has 3 aromatic heterocycles. The minimum absolute atomic E-state index is 0.851. The first kappa shape index (κ1) is 15.3. The molecule has 0 aliphatic heterocycles. The number of rotatable bonds is 2. The van der Waals surface area contributed by atoms with E-state index in [0.29, 0.717) is 0 Å². The van der Waals surface area contributed by atoms with Gasteiger partial charge < -0.3 is 0 Å². The summed E-state index contributed by atoms with van der Waals surface area (Å²) in [4.78, 5) is 9.78. The molecule has 2 aromatic carbocycles. The second-order valence-corrected chi connectivity index (χ2v) is 7.06. The minimum Gasteiger partial charge on any atom is -0.298 e. The Labute approximate surface area is 159 Å². The van der Waals surface area contributed by atoms with Crippen LogP contribution in [0.3, 0.4) is 0 Å². The summed E-state index contributed by atoms with van der Waals surface area (Å²) in [6.45, 7) is 0. The molecule has 5 aromatic rings. The Kier molecular flexibility index (Phi) is 3.57. The average Bonchev–Trinajstić information content (AvgIpc) is 3.08. The predicted octanol–water partition coefficient (Wildman–Crippen LogP) is 5.98. The molecule has 0 amide bonds. The van der Waals surface area contributed by atoms with E-state index in [2.05, 4.69) is 50.7 Å². The zero-order valence-electron chi connectivity index (χ0n) is 13.8. The molecule has 0 spiro atoms. The van der Waals surface area contributed by atoms with E-state index in [4.69, 9.17) is 9.97 Å². The summed E-state index contributed by atoms with van der Waals surface area (Å²) in [6.07, 6.45) is 2.04. The maximum Gasteiger partial charge on any atom is 0.163 e. The summed E-state index contributed by atoms with van der Waals surface area (Å²) < 4.78 is 3.16. The number of pyridine rings is 2. The fourth-order valence-corrected chi connectivity index (χ4v) is 3.63. The second kappa shape index (κ2) is 6.07. The van der Waals surface area contributed by atoms with E-state index in [1.165, 1.54) is 0 Å². The van der Waals surface area contributed by atoms with E-state index >= 15 is 0 Å². The molecule has 4 heteroatoms. The number of hydrogen-bond acceptors (Lipinski definition) is 2. The molecule has 0 radical (unpaired) electrons. The maximum absolute atomic E-state index is 4.95. The minimum atomic E-state index is 0.851. The molecule has 0 aliphatic carbocycles. The van der Waals surface area contributed by atoms with Crippen LogP contribution in [-0.2, 0) is 0 Å². The molecule has 5 rings (SSSR count). The monoisotopic (exact) mass is 399 g/mol. The van der Waals surface area contributed by atoms with Crippen molar-refractivity contribution in [3.05, 3.63) is 89.5 Å². The molecular weight excluding hydrogens is 386 g/mol. The molecule has 0 fully saturated rings. The van der Waals surface area contributed by atoms with Crippen LogP contribution in [0.15, 0.2) is 89.5 Å². The van der Waals surface area contributed by atoms with Crippen LogP contribution in [0.25, 0.3) is 39.2 Å². The second-order valence-electron chi connectivity index (χ2n) is 6.14. The highest BCUT2D eigenvalue weighted by molar-refractivity contribution is 9.10. The highest BCUT2D eigenvalue weighted by Crippen LogP contribution is 2.30. The Morgan fingerprint density at radius 1 is 0.769 bits per heavy atom. The number of halogens is 1. The van der Waals surface area contributed by atoms with Crippen LogP contribution < -0.4 is 0 Å². The number of aromatic nitrogens is 3. The van der Waals surface area contributed by atoms with Crippen molar-refractivity contribution in [1.82, 2.24) is 14.4 Å². The van der Waals surface area contributed by atoms with Gasteiger partial charge in [-0.25, -0.2) is 9.97 Å². The fourth-order valence-electron chi connectivity index (χ4n) is 3.25. The van der Waals surface area contributed by atoms with Crippen molar-refractivity contribution in [3.8, 4) is 22.8 Å². The number of nitrogens with zero attached hydrogens (tertiary/aromatic N) is 3. The van der Waals surface area contributed by atoms with Gasteiger partial charge in [-0.1, -0.05) is 58.4 Å². The summed E-state index contributed by atoms with van der Waals surface area (Å²) >= 11 is 3.51. The number of imidazole rings is 1. The molecule has 124 valence electrons. The van der Waals surface area contributed by atoms with Crippen LogP contribution in [-0.4, -0.2) is 14.4 Å². The smallest absolute Gasteiger partial charge is 0.163 e. The number of benzene rings is 2. The quantitative estimate of drug-likeness (QED) is 0.365. The highest BCUT2D eigenvalue weighted by Gasteiger charge is 2.15. The van der Waals surface area contributed by atoms with Crippen LogP contribution >= 0.6 is 15.9 Å². The van der Waals surface area contributed by atoms with Gasteiger partial charge in [-0.3, -0.25) is 4.40 Å². The fraction of sp³-hybridized carbons (Fsp3) is 0. The molecule has 0 unspecified atom stereocenters. The topological polar surface area (TPSA) is 30.2 Å². The average molecular weight is 400 g/mol. The Bertz CT molecular complexity index is 1240. The molecule has 0 N–H and O–H groups in total. The molecule has 26 heavy (non-hydrogen) atoms. The van der Waals surface area contributed by atoms with Crippen molar-refractivity contribution >= 4 is 32.3 Å². The summed E-state index contributed by atoms with van der Waals surface area (Å²) in [7, 11) is 0. The van der Waals surface area contributed by atoms with Gasteiger partial charge >= 0.3 is 0 Å². The molecule has 0 saturated heterocycles. The Balaban J connectivity index is 1.76. The summed E-state index contributed by atoms with van der Waals surface area (Å²) in [5.74, 6) is 0.851. The van der Waals surface area contributed by atoms with E-state index in [-0.39, 0.29) is 0 Å². The molecule has 0 aliphatic rings. The van der Waals surface area contributed by atoms with Gasteiger partial charge in [-0.05, 0) is 36.4 Å². The van der Waals surface area contributed by atoms with Crippen molar-refractivity contribution in [3.63, 3.8) is 0 Å². The third kappa shape index (κ3) is 2.50. The predicted molar refractivity (Wildman–Crippen MR) is 109 cm³/mol. The van der Waals surface area contributed by atoms with Crippen LogP contribution in [0.4, 0.5) is 0 Å². The van der Waals surface area contributed by atoms with Crippen molar-refractivity contribution in [2.45, 2.75) is 0 Å². The normalized spacial score (nSPS) is 11.3. The maximum atomic E-state index is 4.95. The van der Waals surface area contributed by atoms with Gasteiger partial charge in [0.15, 0.2) is 5.82 Å². The third-order valence-electron chi connectivity index (χ3n) is 4.48. The van der Waals surface area contributed by atoms with Gasteiger partial charge in [-0.15, -0.1) is 0 Å². The van der Waals surface area contributed by atoms with Crippen LogP contribution in [0, 0.1) is 0 Å². The molecule has 3 heterocycles. The first-order chi connectivity index (χ1) is 12.8. The van der Waals surface area contributed by atoms with Crippen molar-refractivity contribution in [2.75, 3.05) is 0 Å². The van der Waals surface area contributed by atoms with Crippen LogP contribution in [0.5, 0.6) is 0 Å². The Morgan fingerprint density at radius 2 is 1.62 bits per heavy atom. The van der Waals surface area contributed by atoms with Crippen molar-refractivity contribution in [2.24, 2.45) is 0 Å². The van der Waals surface area contributed by atoms with E-state index in [0.717, 1.165) is 43.7 Å². The summed E-state index contributed by atoms with van der Waals surface area (Å²) in [5.41, 5.74) is 4.97. The summed E-state index contributed by atoms with van der Waals surface area (Å²) in [5, 5.41) is 1.10. The van der Waals surface area contributed by atoms with Gasteiger partial charge in [0, 0.05) is 21.6 Å². The largest absolute Gasteiger partial charge is 0.298 e. The first-order valence-electron chi connectivity index (χ1n) is 8.39. The van der Waals surface area contributed by atoms with Crippen molar-refractivity contribution in [1.29, 1.82) is 0 Å². The van der Waals surface area contributed by atoms with Gasteiger partial charge in [-0.2, -0.15) is 0 Å². The van der Waals surface area contributed by atoms with Gasteiger partial charge in [0.1, 0.15) is 5.69 Å². The summed E-state index contributed by atoms with van der Waals surface area (Å²) in [6, 6.07) is 26.7. The van der Waals surface area contributed by atoms with Crippen molar-refractivity contribution < 1.29 is 0 Å². The lowest BCUT2D eigenvalue weighted by Crippen LogP contribution is -1.92. The van der Waals surface area contributed by atoms with E-state index in [9.17, 15) is 0 Å². The van der Waals surface area contributed by atoms with Crippen LogP contribution in [0.1, 0.15) is 0 Å². The third-order valence-corrected chi connectivity index (χ3v) is 4.97. The zero-order valence-corrected chi connectivity index (χ0v) is 15.4. The Hall–Kier alpha value is -2.98. The van der Waals surface area contributed by atoms with E-state index < -0.39 is 0 Å². The first-order valence-corrected chi connectivity index (χ1v) is 9.18. The highest BCUT2D eigenvalue weighted by atomic mass is 79.9. The van der Waals surface area contributed by atoms with Gasteiger partial charge in [0.25, 0.3) is 0 Å². The molecular formula is C22H14BrN3. The molecule has 0 bridgehead atoms. The molecule has 0 atom stereocenters. The standard InChI is InChI=1S/C22H14BrN3/c23-17-10-12-18-16(14-17)9-11-19(24-18)22-25-21(15-6-2-1-3-7-15)20-8-4-5-13-26(20)22/h1-14H. The number of fused-ring (bicyclic) bond motifs is 2. The zero-order chi connectivity index (χ0) is 17.5. The lowest BCUT2D eigenvalue weighted by atomic mass is 10.1. The van der Waals surface area contributed by atoms with E-state index in [1.54, 1.807) is 0 Å². The molecule has 3 nitrogen and oxygen atoms in total. The van der Waals surface area contributed by atoms with Crippen LogP contribution in [0.2, 0.25) is 0 Å². The number of hydrogen-bond donors (Lipinski definition) is 0. The van der Waals surface area contributed by atoms with Gasteiger partial charge in [0.05, 0.1) is 16.7 Å². The SMILES string of the molecule is Brc1ccc2nc(-c3nc(-c4ccccc4)c4ccccn34)ccc2c1. The lowest BCUT2D eigenvalue weighted by molar-refractivity contribution is 1.14. The Morgan fingerprint density at radius 3 is 2.50 bits per heavy atom. The van der Waals surface area contributed by atoms with Gasteiger partial charge in [0.2, 0.25) is 0 Å². The van der Waals surface area contributed by atoms with E-state index in [1.807, 2.05) is 54.7 Å². The molecule has 0 saturated carbocycles. The lowest BCUT2D eigenvalue weighted by Gasteiger charge is -2.03.